The van der Waals surface area contributed by atoms with Crippen LogP contribution < -0.4 is 10.6 Å². The highest BCUT2D eigenvalue weighted by Gasteiger charge is 2.35. The summed E-state index contributed by atoms with van der Waals surface area (Å²) in [6, 6.07) is 28.6. The van der Waals surface area contributed by atoms with Crippen LogP contribution in [-0.2, 0) is 22.6 Å². The van der Waals surface area contributed by atoms with Gasteiger partial charge in [-0.3, -0.25) is 19.7 Å². The summed E-state index contributed by atoms with van der Waals surface area (Å²) in [5, 5.41) is 19.9. The quantitative estimate of drug-likeness (QED) is 0.154. The van der Waals surface area contributed by atoms with E-state index >= 15 is 0 Å². The fraction of sp³-hybridized carbons (Fsp3) is 0.242. The number of carbonyl (C=O) groups excluding carboxylic acids is 2. The molecule has 0 radical (unpaired) electrons. The molecule has 220 valence electrons. The summed E-state index contributed by atoms with van der Waals surface area (Å²) in [5.41, 5.74) is 2.08. The van der Waals surface area contributed by atoms with E-state index in [9.17, 15) is 19.7 Å². The van der Waals surface area contributed by atoms with Gasteiger partial charge >= 0.3 is 0 Å². The van der Waals surface area contributed by atoms with E-state index in [0.717, 1.165) is 21.9 Å². The van der Waals surface area contributed by atoms with E-state index in [1.165, 1.54) is 6.07 Å². The van der Waals surface area contributed by atoms with Crippen molar-refractivity contribution in [1.82, 2.24) is 15.1 Å². The number of nitrogens with one attached hydrogen (secondary N) is 2. The predicted octanol–water partition coefficient (Wildman–Crippen LogP) is 5.30. The van der Waals surface area contributed by atoms with Crippen LogP contribution in [0.2, 0.25) is 0 Å². The SMILES string of the molecule is CN(Cc1ccccc1)C(=O)[C@@H](Cc1ccc2ccccc2c1)NC(=O)[C@H]1CCCN1C(=S)Nc1ccccc1[N+](=O)[O-]. The Hall–Kier alpha value is -4.83. The van der Waals surface area contributed by atoms with Crippen LogP contribution in [0.25, 0.3) is 10.8 Å². The molecule has 1 aliphatic rings. The summed E-state index contributed by atoms with van der Waals surface area (Å²) < 4.78 is 0. The highest BCUT2D eigenvalue weighted by atomic mass is 32.1. The molecular formula is C33H33N5O4S. The molecule has 0 bridgehead atoms. The largest absolute Gasteiger partial charge is 0.342 e. The molecule has 4 aromatic carbocycles. The number of likely N-dealkylation sites (N-methyl/N-ethyl adjacent to an activating group) is 1. The minimum Gasteiger partial charge on any atom is -0.342 e. The minimum absolute atomic E-state index is 0.104. The third-order valence-electron chi connectivity index (χ3n) is 7.67. The van der Waals surface area contributed by atoms with Crippen molar-refractivity contribution in [2.75, 3.05) is 18.9 Å². The Morgan fingerprint density at radius 3 is 2.44 bits per heavy atom. The van der Waals surface area contributed by atoms with E-state index in [4.69, 9.17) is 12.2 Å². The van der Waals surface area contributed by atoms with Gasteiger partial charge in [0.05, 0.1) is 4.92 Å². The highest BCUT2D eigenvalue weighted by Crippen LogP contribution is 2.26. The van der Waals surface area contributed by atoms with Crippen molar-refractivity contribution < 1.29 is 14.5 Å². The fourth-order valence-corrected chi connectivity index (χ4v) is 5.81. The summed E-state index contributed by atoms with van der Waals surface area (Å²) in [6.45, 7) is 0.922. The molecule has 0 spiro atoms. The molecule has 4 aromatic rings. The standard InChI is InChI=1S/C33H33N5O4S/c1-36(22-23-10-3-2-4-11-23)32(40)28(21-24-17-18-25-12-5-6-13-26(25)20-24)34-31(39)30-16-9-19-37(30)33(43)35-27-14-7-8-15-29(27)38(41)42/h2-8,10-15,17-18,20,28,30H,9,16,19,21-22H2,1H3,(H,34,39)(H,35,43)/t28-,30-/m1/s1. The molecule has 0 aliphatic carbocycles. The molecule has 2 N–H and O–H groups in total. The molecule has 0 saturated carbocycles. The molecule has 1 heterocycles. The number of likely N-dealkylation sites (tertiary alicyclic amines) is 1. The lowest BCUT2D eigenvalue weighted by Crippen LogP contribution is -2.54. The average molecular weight is 596 g/mol. The lowest BCUT2D eigenvalue weighted by atomic mass is 10.00. The van der Waals surface area contributed by atoms with Crippen LogP contribution in [0, 0.1) is 10.1 Å². The van der Waals surface area contributed by atoms with Gasteiger partial charge in [-0.25, -0.2) is 0 Å². The Morgan fingerprint density at radius 2 is 1.67 bits per heavy atom. The number of carbonyl (C=O) groups is 2. The van der Waals surface area contributed by atoms with Crippen molar-refractivity contribution in [3.05, 3.63) is 118 Å². The summed E-state index contributed by atoms with van der Waals surface area (Å²) in [5.74, 6) is -0.507. The van der Waals surface area contributed by atoms with Gasteiger partial charge in [-0.1, -0.05) is 84.9 Å². The number of hydrogen-bond acceptors (Lipinski definition) is 5. The molecule has 5 rings (SSSR count). The molecule has 10 heteroatoms. The zero-order valence-corrected chi connectivity index (χ0v) is 24.6. The molecule has 43 heavy (non-hydrogen) atoms. The fourth-order valence-electron chi connectivity index (χ4n) is 5.48. The van der Waals surface area contributed by atoms with Crippen molar-refractivity contribution >= 4 is 51.3 Å². The zero-order chi connectivity index (χ0) is 30.3. The van der Waals surface area contributed by atoms with Crippen molar-refractivity contribution in [3.63, 3.8) is 0 Å². The third-order valence-corrected chi connectivity index (χ3v) is 8.00. The highest BCUT2D eigenvalue weighted by molar-refractivity contribution is 7.80. The molecule has 1 aliphatic heterocycles. The van der Waals surface area contributed by atoms with Crippen LogP contribution >= 0.6 is 12.2 Å². The van der Waals surface area contributed by atoms with Gasteiger partial charge < -0.3 is 20.4 Å². The predicted molar refractivity (Wildman–Crippen MR) is 172 cm³/mol. The van der Waals surface area contributed by atoms with Crippen molar-refractivity contribution in [3.8, 4) is 0 Å². The number of nitro benzene ring substituents is 1. The number of nitro groups is 1. The zero-order valence-electron chi connectivity index (χ0n) is 23.8. The molecule has 0 unspecified atom stereocenters. The topological polar surface area (TPSA) is 108 Å². The van der Waals surface area contributed by atoms with Crippen LogP contribution in [-0.4, -0.2) is 57.3 Å². The number of hydrogen-bond donors (Lipinski definition) is 2. The first-order valence-corrected chi connectivity index (χ1v) is 14.6. The van der Waals surface area contributed by atoms with Gasteiger partial charge in [0, 0.05) is 32.6 Å². The van der Waals surface area contributed by atoms with Gasteiger partial charge in [-0.15, -0.1) is 0 Å². The summed E-state index contributed by atoms with van der Waals surface area (Å²) in [4.78, 5) is 42.0. The van der Waals surface area contributed by atoms with Crippen molar-refractivity contribution in [2.24, 2.45) is 0 Å². The normalized spacial score (nSPS) is 15.1. The molecule has 9 nitrogen and oxygen atoms in total. The Bertz CT molecular complexity index is 1650. The lowest BCUT2D eigenvalue weighted by Gasteiger charge is -2.30. The molecule has 2 amide bonds. The smallest absolute Gasteiger partial charge is 0.292 e. The van der Waals surface area contributed by atoms with Crippen LogP contribution in [0.3, 0.4) is 0 Å². The van der Waals surface area contributed by atoms with E-state index in [-0.39, 0.29) is 28.3 Å². The van der Waals surface area contributed by atoms with E-state index in [2.05, 4.69) is 10.6 Å². The van der Waals surface area contributed by atoms with E-state index < -0.39 is 17.0 Å². The molecular weight excluding hydrogens is 562 g/mol. The second-order valence-electron chi connectivity index (χ2n) is 10.7. The number of anilines is 1. The van der Waals surface area contributed by atoms with Crippen LogP contribution in [0.1, 0.15) is 24.0 Å². The number of nitrogens with zero attached hydrogens (tertiary/aromatic N) is 3. The molecule has 1 fully saturated rings. The van der Waals surface area contributed by atoms with Gasteiger partial charge in [0.25, 0.3) is 5.69 Å². The molecule has 1 saturated heterocycles. The number of thiocarbonyl (C=S) groups is 1. The summed E-state index contributed by atoms with van der Waals surface area (Å²) in [6.07, 6.45) is 1.58. The second kappa shape index (κ2) is 13.4. The van der Waals surface area contributed by atoms with Crippen molar-refractivity contribution in [1.29, 1.82) is 0 Å². The van der Waals surface area contributed by atoms with Gasteiger partial charge in [0.1, 0.15) is 17.8 Å². The number of para-hydroxylation sites is 2. The van der Waals surface area contributed by atoms with Crippen LogP contribution in [0.4, 0.5) is 11.4 Å². The van der Waals surface area contributed by atoms with Crippen LogP contribution in [0.5, 0.6) is 0 Å². The van der Waals surface area contributed by atoms with E-state index in [1.54, 1.807) is 35.0 Å². The van der Waals surface area contributed by atoms with E-state index in [0.29, 0.717) is 32.4 Å². The average Bonchev–Trinajstić information content (AvgIpc) is 3.52. The number of amides is 2. The maximum atomic E-state index is 13.8. The van der Waals surface area contributed by atoms with Crippen LogP contribution in [0.15, 0.2) is 97.1 Å². The van der Waals surface area contributed by atoms with Gasteiger partial charge in [0.2, 0.25) is 11.8 Å². The Balaban J connectivity index is 1.35. The van der Waals surface area contributed by atoms with Gasteiger partial charge in [-0.2, -0.15) is 0 Å². The lowest BCUT2D eigenvalue weighted by molar-refractivity contribution is -0.383. The molecule has 0 aromatic heterocycles. The maximum absolute atomic E-state index is 13.8. The maximum Gasteiger partial charge on any atom is 0.292 e. The van der Waals surface area contributed by atoms with Gasteiger partial charge in [-0.05, 0) is 53.0 Å². The second-order valence-corrected chi connectivity index (χ2v) is 11.1. The number of rotatable bonds is 9. The first kappa shape index (κ1) is 29.7. The van der Waals surface area contributed by atoms with Gasteiger partial charge in [0.15, 0.2) is 5.11 Å². The Labute approximate surface area is 255 Å². The Kier molecular flexibility index (Phi) is 9.26. The monoisotopic (exact) mass is 595 g/mol. The minimum atomic E-state index is -0.804. The number of fused-ring (bicyclic) bond motifs is 1. The van der Waals surface area contributed by atoms with E-state index in [1.807, 2.05) is 72.8 Å². The first-order chi connectivity index (χ1) is 20.8. The summed E-state index contributed by atoms with van der Waals surface area (Å²) in [7, 11) is 1.74. The number of benzene rings is 4. The molecule has 2 atom stereocenters. The summed E-state index contributed by atoms with van der Waals surface area (Å²) >= 11 is 5.60. The Morgan fingerprint density at radius 1 is 0.977 bits per heavy atom. The first-order valence-electron chi connectivity index (χ1n) is 14.2. The third kappa shape index (κ3) is 7.15. The van der Waals surface area contributed by atoms with Crippen molar-refractivity contribution in [2.45, 2.75) is 37.9 Å².